The molecule has 26 heavy (non-hydrogen) atoms. The van der Waals surface area contributed by atoms with E-state index < -0.39 is 64.2 Å². The third-order valence-electron chi connectivity index (χ3n) is 8.88. The minimum Gasteiger partial charge on any atom is -0.392 e. The van der Waals surface area contributed by atoms with Gasteiger partial charge in [-0.15, -0.1) is 0 Å². The molecule has 4 fully saturated rings. The van der Waals surface area contributed by atoms with Crippen LogP contribution in [0.2, 0.25) is 0 Å². The Hall–Kier alpha value is -0.500. The molecule has 1 spiro atoms. The van der Waals surface area contributed by atoms with Gasteiger partial charge in [-0.05, 0) is 38.5 Å². The highest BCUT2D eigenvalue weighted by molar-refractivity contribution is 5.36. The molecule has 4 aliphatic carbocycles. The molecule has 6 heteroatoms. The highest BCUT2D eigenvalue weighted by Gasteiger charge is 2.74. The van der Waals surface area contributed by atoms with Crippen LogP contribution in [0.25, 0.3) is 0 Å². The maximum Gasteiger partial charge on any atom is 0.105 e. The standard InChI is InChI=1S/C20H32O6/c1-9-11-6-13(21)17(2,3)20(11,26)15(23)5-10-8-18(4,25)12-7-14(22)19(9,10)16(12)24/h10-16,21-26H,1,5-8H2,2-4H3. The third-order valence-corrected chi connectivity index (χ3v) is 8.88. The fourth-order valence-electron chi connectivity index (χ4n) is 7.20. The van der Waals surface area contributed by atoms with Gasteiger partial charge in [0.2, 0.25) is 0 Å². The molecule has 0 radical (unpaired) electrons. The maximum atomic E-state index is 11.6. The van der Waals surface area contributed by atoms with Gasteiger partial charge in [0.15, 0.2) is 0 Å². The molecule has 6 N–H and O–H groups in total. The summed E-state index contributed by atoms with van der Waals surface area (Å²) in [6, 6.07) is 0. The molecular weight excluding hydrogens is 336 g/mol. The molecule has 0 amide bonds. The van der Waals surface area contributed by atoms with Crippen LogP contribution in [0, 0.1) is 28.6 Å². The molecule has 2 bridgehead atoms. The highest BCUT2D eigenvalue weighted by atomic mass is 16.4. The normalized spacial score (nSPS) is 61.1. The van der Waals surface area contributed by atoms with Crippen LogP contribution in [0.15, 0.2) is 12.2 Å². The van der Waals surface area contributed by atoms with Crippen LogP contribution in [-0.4, -0.2) is 66.3 Å². The molecule has 6 nitrogen and oxygen atoms in total. The predicted molar refractivity (Wildman–Crippen MR) is 93.9 cm³/mol. The van der Waals surface area contributed by atoms with Gasteiger partial charge in [-0.1, -0.05) is 26.0 Å². The van der Waals surface area contributed by atoms with Crippen molar-refractivity contribution in [1.29, 1.82) is 0 Å². The SMILES string of the molecule is C=C1C2CC(O)C(C)(C)C2(O)C(O)CC2CC(C)(O)C3CC(O)C12C3O. The number of aliphatic hydroxyl groups excluding tert-OH is 4. The Morgan fingerprint density at radius 1 is 0.885 bits per heavy atom. The van der Waals surface area contributed by atoms with Gasteiger partial charge in [0, 0.05) is 22.7 Å². The average Bonchev–Trinajstić information content (AvgIpc) is 2.83. The first-order valence-corrected chi connectivity index (χ1v) is 9.69. The van der Waals surface area contributed by atoms with Crippen molar-refractivity contribution in [1.82, 2.24) is 0 Å². The second-order valence-electron chi connectivity index (χ2n) is 10.1. The summed E-state index contributed by atoms with van der Waals surface area (Å²) in [6.45, 7) is 9.36. The lowest BCUT2D eigenvalue weighted by Crippen LogP contribution is -2.57. The van der Waals surface area contributed by atoms with Crippen molar-refractivity contribution in [3.05, 3.63) is 12.2 Å². The van der Waals surface area contributed by atoms with E-state index in [0.29, 0.717) is 12.0 Å². The number of hydrogen-bond donors (Lipinski definition) is 6. The van der Waals surface area contributed by atoms with Gasteiger partial charge in [-0.3, -0.25) is 0 Å². The van der Waals surface area contributed by atoms with Gasteiger partial charge in [0.1, 0.15) is 5.60 Å². The highest BCUT2D eigenvalue weighted by Crippen LogP contribution is 2.69. The van der Waals surface area contributed by atoms with Crippen LogP contribution in [-0.2, 0) is 0 Å². The molecule has 0 aliphatic heterocycles. The number of fused-ring (bicyclic) bond motifs is 2. The number of aliphatic hydroxyl groups is 6. The fourth-order valence-corrected chi connectivity index (χ4v) is 7.20. The van der Waals surface area contributed by atoms with E-state index in [2.05, 4.69) is 6.58 Å². The van der Waals surface area contributed by atoms with Crippen molar-refractivity contribution >= 4 is 0 Å². The van der Waals surface area contributed by atoms with Crippen molar-refractivity contribution in [2.24, 2.45) is 28.6 Å². The summed E-state index contributed by atoms with van der Waals surface area (Å²) in [4.78, 5) is 0. The average molecular weight is 368 g/mol. The van der Waals surface area contributed by atoms with Crippen molar-refractivity contribution in [2.45, 2.75) is 82.1 Å². The second-order valence-corrected chi connectivity index (χ2v) is 10.1. The predicted octanol–water partition coefficient (Wildman–Crippen LogP) is -0.0557. The first-order chi connectivity index (χ1) is 11.8. The monoisotopic (exact) mass is 368 g/mol. The van der Waals surface area contributed by atoms with E-state index in [1.165, 1.54) is 0 Å². The first kappa shape index (κ1) is 18.8. The molecule has 0 heterocycles. The summed E-state index contributed by atoms with van der Waals surface area (Å²) in [7, 11) is 0. The fraction of sp³-hybridized carbons (Fsp3) is 0.900. The lowest BCUT2D eigenvalue weighted by atomic mass is 9.56. The lowest BCUT2D eigenvalue weighted by Gasteiger charge is -2.52. The van der Waals surface area contributed by atoms with Gasteiger partial charge in [0.25, 0.3) is 0 Å². The molecule has 4 rings (SSSR count). The van der Waals surface area contributed by atoms with Gasteiger partial charge in [-0.2, -0.15) is 0 Å². The van der Waals surface area contributed by atoms with Gasteiger partial charge in [-0.25, -0.2) is 0 Å². The van der Waals surface area contributed by atoms with Crippen LogP contribution < -0.4 is 0 Å². The van der Waals surface area contributed by atoms with Crippen LogP contribution >= 0.6 is 0 Å². The molecule has 0 aromatic rings. The Bertz CT molecular complexity index is 644. The zero-order chi connectivity index (χ0) is 19.4. The van der Waals surface area contributed by atoms with Crippen molar-refractivity contribution in [2.75, 3.05) is 0 Å². The van der Waals surface area contributed by atoms with Crippen LogP contribution in [0.1, 0.15) is 46.5 Å². The summed E-state index contributed by atoms with van der Waals surface area (Å²) in [6.07, 6.45) is -2.90. The quantitative estimate of drug-likeness (QED) is 0.333. The molecule has 0 aromatic carbocycles. The molecule has 148 valence electrons. The Morgan fingerprint density at radius 2 is 1.50 bits per heavy atom. The van der Waals surface area contributed by atoms with Crippen LogP contribution in [0.4, 0.5) is 0 Å². The van der Waals surface area contributed by atoms with E-state index in [-0.39, 0.29) is 19.3 Å². The molecule has 4 saturated carbocycles. The Balaban J connectivity index is 1.90. The Morgan fingerprint density at radius 3 is 2.12 bits per heavy atom. The van der Waals surface area contributed by atoms with Crippen molar-refractivity contribution < 1.29 is 30.6 Å². The molecule has 4 aliphatic rings. The molecular formula is C20H32O6. The summed E-state index contributed by atoms with van der Waals surface area (Å²) < 4.78 is 0. The summed E-state index contributed by atoms with van der Waals surface area (Å²) in [5.41, 5.74) is -4.26. The largest absolute Gasteiger partial charge is 0.392 e. The molecule has 10 unspecified atom stereocenters. The summed E-state index contributed by atoms with van der Waals surface area (Å²) in [5.74, 6) is -1.50. The van der Waals surface area contributed by atoms with Gasteiger partial charge < -0.3 is 30.6 Å². The smallest absolute Gasteiger partial charge is 0.105 e. The molecule has 10 atom stereocenters. The minimum absolute atomic E-state index is 0.138. The Labute approximate surface area is 154 Å². The number of hydrogen-bond acceptors (Lipinski definition) is 6. The van der Waals surface area contributed by atoms with E-state index in [0.717, 1.165) is 0 Å². The van der Waals surface area contributed by atoms with E-state index in [9.17, 15) is 30.6 Å². The lowest BCUT2D eigenvalue weighted by molar-refractivity contribution is -0.171. The van der Waals surface area contributed by atoms with Crippen molar-refractivity contribution in [3.63, 3.8) is 0 Å². The zero-order valence-corrected chi connectivity index (χ0v) is 15.8. The third kappa shape index (κ3) is 1.79. The van der Waals surface area contributed by atoms with Crippen molar-refractivity contribution in [3.8, 4) is 0 Å². The minimum atomic E-state index is -1.60. The van der Waals surface area contributed by atoms with Gasteiger partial charge >= 0.3 is 0 Å². The molecule has 0 saturated heterocycles. The van der Waals surface area contributed by atoms with Crippen LogP contribution in [0.5, 0.6) is 0 Å². The van der Waals surface area contributed by atoms with E-state index in [1.807, 2.05) is 0 Å². The second kappa shape index (κ2) is 5.10. The summed E-state index contributed by atoms with van der Waals surface area (Å²) >= 11 is 0. The molecule has 0 aromatic heterocycles. The maximum absolute atomic E-state index is 11.6. The van der Waals surface area contributed by atoms with E-state index in [4.69, 9.17) is 0 Å². The van der Waals surface area contributed by atoms with Gasteiger partial charge in [0.05, 0.1) is 30.0 Å². The first-order valence-electron chi connectivity index (χ1n) is 9.69. The van der Waals surface area contributed by atoms with Crippen LogP contribution in [0.3, 0.4) is 0 Å². The van der Waals surface area contributed by atoms with E-state index in [1.54, 1.807) is 20.8 Å². The Kier molecular flexibility index (Phi) is 3.70. The topological polar surface area (TPSA) is 121 Å². The van der Waals surface area contributed by atoms with E-state index >= 15 is 0 Å². The number of rotatable bonds is 0. The zero-order valence-electron chi connectivity index (χ0n) is 15.8. The summed E-state index contributed by atoms with van der Waals surface area (Å²) in [5, 5.41) is 66.3.